The number of hydrogen-bond donors (Lipinski definition) is 2. The molecule has 0 saturated carbocycles. The number of carbonyl (C=O) groups is 1. The van der Waals surface area contributed by atoms with Crippen LogP contribution >= 0.6 is 0 Å². The lowest BCUT2D eigenvalue weighted by Crippen LogP contribution is -1.97. The molecular formula is C18H32O3. The van der Waals surface area contributed by atoms with E-state index in [4.69, 9.17) is 10.2 Å². The quantitative estimate of drug-likeness (QED) is 0.355. The topological polar surface area (TPSA) is 57.5 Å². The SMILES string of the molecule is CC(O)CCC/C=C\C/C=C\CCCCCCCC(=O)O. The summed E-state index contributed by atoms with van der Waals surface area (Å²) in [5, 5.41) is 17.6. The van der Waals surface area contributed by atoms with Crippen LogP contribution in [-0.2, 0) is 4.79 Å². The number of hydrogen-bond acceptors (Lipinski definition) is 2. The maximum atomic E-state index is 10.3. The van der Waals surface area contributed by atoms with Gasteiger partial charge in [-0.15, -0.1) is 0 Å². The Morgan fingerprint density at radius 1 is 0.905 bits per heavy atom. The highest BCUT2D eigenvalue weighted by molar-refractivity contribution is 5.66. The molecule has 0 bridgehead atoms. The van der Waals surface area contributed by atoms with Crippen LogP contribution in [0.2, 0.25) is 0 Å². The van der Waals surface area contributed by atoms with Crippen LogP contribution in [0.3, 0.4) is 0 Å². The lowest BCUT2D eigenvalue weighted by atomic mass is 10.1. The Morgan fingerprint density at radius 2 is 1.48 bits per heavy atom. The van der Waals surface area contributed by atoms with Gasteiger partial charge in [0.25, 0.3) is 0 Å². The second kappa shape index (κ2) is 15.3. The average molecular weight is 296 g/mol. The largest absolute Gasteiger partial charge is 0.481 e. The van der Waals surface area contributed by atoms with E-state index >= 15 is 0 Å². The average Bonchev–Trinajstić information content (AvgIpc) is 2.42. The van der Waals surface area contributed by atoms with Crippen LogP contribution in [0.5, 0.6) is 0 Å². The smallest absolute Gasteiger partial charge is 0.303 e. The summed E-state index contributed by atoms with van der Waals surface area (Å²) in [7, 11) is 0. The number of aliphatic carboxylic acids is 1. The third-order valence-electron chi connectivity index (χ3n) is 3.36. The van der Waals surface area contributed by atoms with Crippen LogP contribution in [0.15, 0.2) is 24.3 Å². The van der Waals surface area contributed by atoms with E-state index in [1.165, 1.54) is 12.8 Å². The number of unbranched alkanes of at least 4 members (excludes halogenated alkanes) is 6. The van der Waals surface area contributed by atoms with Crippen molar-refractivity contribution in [3.05, 3.63) is 24.3 Å². The van der Waals surface area contributed by atoms with E-state index in [2.05, 4.69) is 24.3 Å². The molecule has 0 aliphatic carbocycles. The lowest BCUT2D eigenvalue weighted by Gasteiger charge is -1.99. The van der Waals surface area contributed by atoms with Crippen molar-refractivity contribution in [2.24, 2.45) is 0 Å². The van der Waals surface area contributed by atoms with Gasteiger partial charge in [-0.2, -0.15) is 0 Å². The predicted molar refractivity (Wildman–Crippen MR) is 88.4 cm³/mol. The summed E-state index contributed by atoms with van der Waals surface area (Å²) in [6.45, 7) is 1.83. The van der Waals surface area contributed by atoms with Crippen LogP contribution < -0.4 is 0 Å². The number of aliphatic hydroxyl groups is 1. The molecule has 0 aromatic carbocycles. The molecule has 0 amide bonds. The molecule has 1 unspecified atom stereocenters. The summed E-state index contributed by atoms with van der Waals surface area (Å²) in [5.41, 5.74) is 0. The van der Waals surface area contributed by atoms with Crippen molar-refractivity contribution in [3.8, 4) is 0 Å². The van der Waals surface area contributed by atoms with Gasteiger partial charge in [-0.05, 0) is 51.9 Å². The summed E-state index contributed by atoms with van der Waals surface area (Å²) < 4.78 is 0. The Kier molecular flexibility index (Phi) is 14.5. The maximum Gasteiger partial charge on any atom is 0.303 e. The molecule has 2 N–H and O–H groups in total. The molecule has 1 atom stereocenters. The number of carboxylic acid groups (broad SMARTS) is 1. The Morgan fingerprint density at radius 3 is 2.10 bits per heavy atom. The second-order valence-corrected chi connectivity index (χ2v) is 5.66. The monoisotopic (exact) mass is 296 g/mol. The van der Waals surface area contributed by atoms with E-state index in [1.807, 2.05) is 6.92 Å². The highest BCUT2D eigenvalue weighted by atomic mass is 16.4. The van der Waals surface area contributed by atoms with Crippen LogP contribution in [0.25, 0.3) is 0 Å². The molecule has 0 aromatic heterocycles. The molecule has 0 fully saturated rings. The van der Waals surface area contributed by atoms with E-state index < -0.39 is 5.97 Å². The van der Waals surface area contributed by atoms with Crippen molar-refractivity contribution in [1.29, 1.82) is 0 Å². The molecule has 0 spiro atoms. The minimum absolute atomic E-state index is 0.178. The third kappa shape index (κ3) is 18.9. The molecule has 0 saturated heterocycles. The van der Waals surface area contributed by atoms with Gasteiger partial charge in [0.05, 0.1) is 6.10 Å². The van der Waals surface area contributed by atoms with Crippen molar-refractivity contribution >= 4 is 5.97 Å². The molecule has 0 aliphatic heterocycles. The first-order valence-electron chi connectivity index (χ1n) is 8.32. The summed E-state index contributed by atoms with van der Waals surface area (Å²) in [5.74, 6) is -0.683. The molecule has 0 rings (SSSR count). The zero-order valence-corrected chi connectivity index (χ0v) is 13.5. The second-order valence-electron chi connectivity index (χ2n) is 5.66. The fraction of sp³-hybridized carbons (Fsp3) is 0.722. The number of rotatable bonds is 14. The first-order chi connectivity index (χ1) is 10.1. The van der Waals surface area contributed by atoms with Gasteiger partial charge in [0.15, 0.2) is 0 Å². The maximum absolute atomic E-state index is 10.3. The standard InChI is InChI=1S/C18H32O3/c1-17(19)15-13-11-9-7-5-3-2-4-6-8-10-12-14-16-18(20)21/h2-3,7,9,17,19H,4-6,8,10-16H2,1H3,(H,20,21)/b3-2-,9-7-. The van der Waals surface area contributed by atoms with Gasteiger partial charge in [0.1, 0.15) is 0 Å². The van der Waals surface area contributed by atoms with Gasteiger partial charge >= 0.3 is 5.97 Å². The Balaban J connectivity index is 3.22. The van der Waals surface area contributed by atoms with E-state index in [0.29, 0.717) is 6.42 Å². The molecule has 0 heterocycles. The van der Waals surface area contributed by atoms with E-state index in [9.17, 15) is 4.79 Å². The van der Waals surface area contributed by atoms with Crippen LogP contribution in [0, 0.1) is 0 Å². The van der Waals surface area contributed by atoms with Gasteiger partial charge in [0.2, 0.25) is 0 Å². The van der Waals surface area contributed by atoms with Crippen molar-refractivity contribution < 1.29 is 15.0 Å². The predicted octanol–water partition coefficient (Wildman–Crippen LogP) is 4.86. The fourth-order valence-electron chi connectivity index (χ4n) is 2.11. The molecule has 21 heavy (non-hydrogen) atoms. The zero-order valence-electron chi connectivity index (χ0n) is 13.5. The Bertz CT molecular complexity index is 293. The first kappa shape index (κ1) is 19.9. The lowest BCUT2D eigenvalue weighted by molar-refractivity contribution is -0.137. The van der Waals surface area contributed by atoms with Crippen molar-refractivity contribution in [3.63, 3.8) is 0 Å². The van der Waals surface area contributed by atoms with Crippen LogP contribution in [0.1, 0.15) is 77.6 Å². The summed E-state index contributed by atoms with van der Waals surface area (Å²) >= 11 is 0. The number of aliphatic hydroxyl groups excluding tert-OH is 1. The van der Waals surface area contributed by atoms with Crippen LogP contribution in [-0.4, -0.2) is 22.3 Å². The number of carboxylic acids is 1. The van der Waals surface area contributed by atoms with E-state index in [1.54, 1.807) is 0 Å². The minimum Gasteiger partial charge on any atom is -0.481 e. The highest BCUT2D eigenvalue weighted by Gasteiger charge is 1.95. The van der Waals surface area contributed by atoms with Crippen molar-refractivity contribution in [2.45, 2.75) is 83.7 Å². The molecule has 3 nitrogen and oxygen atoms in total. The summed E-state index contributed by atoms with van der Waals surface area (Å²) in [4.78, 5) is 10.3. The summed E-state index contributed by atoms with van der Waals surface area (Å²) in [6, 6.07) is 0. The van der Waals surface area contributed by atoms with E-state index in [0.717, 1.165) is 51.4 Å². The van der Waals surface area contributed by atoms with Gasteiger partial charge in [-0.25, -0.2) is 0 Å². The molecule has 122 valence electrons. The minimum atomic E-state index is -0.683. The molecule has 0 aromatic rings. The van der Waals surface area contributed by atoms with Gasteiger partial charge < -0.3 is 10.2 Å². The Hall–Kier alpha value is -1.09. The third-order valence-corrected chi connectivity index (χ3v) is 3.36. The number of allylic oxidation sites excluding steroid dienone is 4. The van der Waals surface area contributed by atoms with Crippen LogP contribution in [0.4, 0.5) is 0 Å². The Labute approximate surface area is 129 Å². The molecule has 0 aliphatic rings. The highest BCUT2D eigenvalue weighted by Crippen LogP contribution is 2.08. The molecule has 0 radical (unpaired) electrons. The van der Waals surface area contributed by atoms with E-state index in [-0.39, 0.29) is 6.10 Å². The van der Waals surface area contributed by atoms with Gasteiger partial charge in [0, 0.05) is 6.42 Å². The molecular weight excluding hydrogens is 264 g/mol. The van der Waals surface area contributed by atoms with Gasteiger partial charge in [-0.1, -0.05) is 43.6 Å². The first-order valence-corrected chi connectivity index (χ1v) is 8.32. The fourth-order valence-corrected chi connectivity index (χ4v) is 2.11. The zero-order chi connectivity index (χ0) is 15.8. The summed E-state index contributed by atoms with van der Waals surface area (Å²) in [6.07, 6.45) is 19.4. The van der Waals surface area contributed by atoms with Crippen molar-refractivity contribution in [2.75, 3.05) is 0 Å². The molecule has 3 heteroatoms. The van der Waals surface area contributed by atoms with Crippen molar-refractivity contribution in [1.82, 2.24) is 0 Å². The van der Waals surface area contributed by atoms with Gasteiger partial charge in [-0.3, -0.25) is 4.79 Å². The normalized spacial score (nSPS) is 13.2.